The molecule has 5 rings (SSSR count). The van der Waals surface area contributed by atoms with E-state index in [0.717, 1.165) is 47.4 Å². The molecule has 0 saturated heterocycles. The van der Waals surface area contributed by atoms with Crippen molar-refractivity contribution in [1.29, 1.82) is 0 Å². The SMILES string of the molecule is O=C(NC1CCCCC1)[C@@H](c1cccs1)N(Cc1ccccc1Cl)C(=O)c1ccc(-c2ccccc2)[nH]1. The van der Waals surface area contributed by atoms with Crippen LogP contribution in [0, 0.1) is 0 Å². The summed E-state index contributed by atoms with van der Waals surface area (Å²) >= 11 is 8.01. The van der Waals surface area contributed by atoms with E-state index in [0.29, 0.717) is 10.7 Å². The van der Waals surface area contributed by atoms with Crippen LogP contribution in [0.4, 0.5) is 0 Å². The van der Waals surface area contributed by atoms with Gasteiger partial charge in [-0.2, -0.15) is 0 Å². The second-order valence-corrected chi connectivity index (χ2v) is 10.8. The molecular weight excluding hydrogens is 502 g/mol. The maximum absolute atomic E-state index is 14.1. The molecule has 1 aliphatic rings. The molecule has 1 atom stereocenters. The second-order valence-electron chi connectivity index (χ2n) is 9.44. The Morgan fingerprint density at radius 3 is 2.43 bits per heavy atom. The van der Waals surface area contributed by atoms with Crippen LogP contribution in [0.2, 0.25) is 5.02 Å². The molecule has 4 aromatic rings. The van der Waals surface area contributed by atoms with Crippen LogP contribution < -0.4 is 5.32 Å². The predicted molar refractivity (Wildman–Crippen MR) is 150 cm³/mol. The Balaban J connectivity index is 1.51. The van der Waals surface area contributed by atoms with Crippen molar-refractivity contribution in [3.8, 4) is 11.3 Å². The first-order valence-electron chi connectivity index (χ1n) is 12.7. The monoisotopic (exact) mass is 531 g/mol. The number of rotatable bonds is 8. The normalized spacial score (nSPS) is 14.7. The highest BCUT2D eigenvalue weighted by Crippen LogP contribution is 2.31. The van der Waals surface area contributed by atoms with Gasteiger partial charge < -0.3 is 15.2 Å². The molecule has 5 nitrogen and oxygen atoms in total. The molecule has 0 aliphatic heterocycles. The molecule has 0 bridgehead atoms. The average Bonchev–Trinajstić information content (AvgIpc) is 3.63. The minimum Gasteiger partial charge on any atom is -0.351 e. The fourth-order valence-electron chi connectivity index (χ4n) is 4.95. The van der Waals surface area contributed by atoms with Crippen LogP contribution in [0.3, 0.4) is 0 Å². The van der Waals surface area contributed by atoms with Gasteiger partial charge in [-0.25, -0.2) is 0 Å². The van der Waals surface area contributed by atoms with E-state index in [9.17, 15) is 9.59 Å². The summed E-state index contributed by atoms with van der Waals surface area (Å²) in [4.78, 5) is 33.7. The maximum Gasteiger partial charge on any atom is 0.271 e. The summed E-state index contributed by atoms with van der Waals surface area (Å²) in [6, 6.07) is 24.2. The van der Waals surface area contributed by atoms with Crippen molar-refractivity contribution >= 4 is 34.8 Å². The molecule has 0 radical (unpaired) electrons. The van der Waals surface area contributed by atoms with Crippen LogP contribution in [-0.2, 0) is 11.3 Å². The Morgan fingerprint density at radius 2 is 1.70 bits per heavy atom. The van der Waals surface area contributed by atoms with E-state index in [1.807, 2.05) is 78.2 Å². The third kappa shape index (κ3) is 5.97. The number of hydrogen-bond acceptors (Lipinski definition) is 3. The lowest BCUT2D eigenvalue weighted by atomic mass is 9.95. The highest BCUT2D eigenvalue weighted by molar-refractivity contribution is 7.10. The summed E-state index contributed by atoms with van der Waals surface area (Å²) in [6.07, 6.45) is 5.37. The summed E-state index contributed by atoms with van der Waals surface area (Å²) < 4.78 is 0. The number of amides is 2. The number of halogens is 1. The lowest BCUT2D eigenvalue weighted by Crippen LogP contribution is -2.46. The van der Waals surface area contributed by atoms with Gasteiger partial charge >= 0.3 is 0 Å². The number of nitrogens with one attached hydrogen (secondary N) is 2. The largest absolute Gasteiger partial charge is 0.351 e. The molecule has 190 valence electrons. The second kappa shape index (κ2) is 11.8. The van der Waals surface area contributed by atoms with Gasteiger partial charge in [-0.15, -0.1) is 11.3 Å². The fourth-order valence-corrected chi connectivity index (χ4v) is 5.98. The topological polar surface area (TPSA) is 65.2 Å². The Bertz CT molecular complexity index is 1330. The van der Waals surface area contributed by atoms with E-state index in [1.165, 1.54) is 17.8 Å². The van der Waals surface area contributed by atoms with E-state index in [-0.39, 0.29) is 24.4 Å². The third-order valence-electron chi connectivity index (χ3n) is 6.88. The summed E-state index contributed by atoms with van der Waals surface area (Å²) in [5.74, 6) is -0.399. The summed E-state index contributed by atoms with van der Waals surface area (Å²) in [5.41, 5.74) is 3.06. The van der Waals surface area contributed by atoms with Crippen molar-refractivity contribution in [2.24, 2.45) is 0 Å². The van der Waals surface area contributed by atoms with Crippen molar-refractivity contribution < 1.29 is 9.59 Å². The quantitative estimate of drug-likeness (QED) is 0.252. The van der Waals surface area contributed by atoms with Gasteiger partial charge in [0.2, 0.25) is 5.91 Å². The number of nitrogens with zero attached hydrogens (tertiary/aromatic N) is 1. The highest BCUT2D eigenvalue weighted by atomic mass is 35.5. The number of aromatic amines is 1. The first-order valence-corrected chi connectivity index (χ1v) is 14.0. The van der Waals surface area contributed by atoms with E-state index >= 15 is 0 Å². The fraction of sp³-hybridized carbons (Fsp3) is 0.267. The third-order valence-corrected chi connectivity index (χ3v) is 8.18. The predicted octanol–water partition coefficient (Wildman–Crippen LogP) is 7.23. The average molecular weight is 532 g/mol. The molecule has 7 heteroatoms. The molecule has 1 aliphatic carbocycles. The van der Waals surface area contributed by atoms with Gasteiger partial charge in [0.15, 0.2) is 0 Å². The maximum atomic E-state index is 14.1. The molecule has 2 aromatic heterocycles. The zero-order valence-electron chi connectivity index (χ0n) is 20.5. The molecule has 1 saturated carbocycles. The zero-order chi connectivity index (χ0) is 25.6. The lowest BCUT2D eigenvalue weighted by molar-refractivity contribution is -0.127. The van der Waals surface area contributed by atoms with Crippen LogP contribution >= 0.6 is 22.9 Å². The van der Waals surface area contributed by atoms with Gasteiger partial charge in [-0.05, 0) is 53.6 Å². The number of carbonyl (C=O) groups excluding carboxylic acids is 2. The molecule has 0 spiro atoms. The van der Waals surface area contributed by atoms with Gasteiger partial charge in [0.05, 0.1) is 0 Å². The van der Waals surface area contributed by atoms with Crippen molar-refractivity contribution in [3.05, 3.63) is 105 Å². The first-order chi connectivity index (χ1) is 18.1. The number of hydrogen-bond donors (Lipinski definition) is 2. The molecule has 1 fully saturated rings. The van der Waals surface area contributed by atoms with Crippen molar-refractivity contribution in [2.75, 3.05) is 0 Å². The van der Waals surface area contributed by atoms with Crippen LogP contribution in [0.1, 0.15) is 59.1 Å². The highest BCUT2D eigenvalue weighted by Gasteiger charge is 2.35. The summed E-state index contributed by atoms with van der Waals surface area (Å²) in [6.45, 7) is 0.207. The minimum absolute atomic E-state index is 0.135. The molecule has 0 unspecified atom stereocenters. The number of benzene rings is 2. The van der Waals surface area contributed by atoms with E-state index in [1.54, 1.807) is 11.0 Å². The van der Waals surface area contributed by atoms with E-state index in [4.69, 9.17) is 11.6 Å². The van der Waals surface area contributed by atoms with Crippen LogP contribution in [0.15, 0.2) is 84.2 Å². The van der Waals surface area contributed by atoms with Crippen LogP contribution in [0.5, 0.6) is 0 Å². The number of carbonyl (C=O) groups is 2. The number of aromatic nitrogens is 1. The molecular formula is C30H30ClN3O2S. The van der Waals surface area contributed by atoms with Crippen molar-refractivity contribution in [3.63, 3.8) is 0 Å². The molecule has 2 heterocycles. The molecule has 37 heavy (non-hydrogen) atoms. The van der Waals surface area contributed by atoms with Crippen LogP contribution in [0.25, 0.3) is 11.3 Å². The van der Waals surface area contributed by atoms with E-state index in [2.05, 4.69) is 10.3 Å². The minimum atomic E-state index is -0.769. The van der Waals surface area contributed by atoms with Gasteiger partial charge in [-0.3, -0.25) is 9.59 Å². The van der Waals surface area contributed by atoms with Gasteiger partial charge in [0.1, 0.15) is 11.7 Å². The Hall–Kier alpha value is -3.35. The lowest BCUT2D eigenvalue weighted by Gasteiger charge is -2.32. The van der Waals surface area contributed by atoms with Crippen LogP contribution in [-0.4, -0.2) is 27.7 Å². The Kier molecular flexibility index (Phi) is 8.07. The Labute approximate surface area is 226 Å². The molecule has 2 aromatic carbocycles. The summed E-state index contributed by atoms with van der Waals surface area (Å²) in [7, 11) is 0. The van der Waals surface area contributed by atoms with Gasteiger partial charge in [0, 0.05) is 28.2 Å². The zero-order valence-corrected chi connectivity index (χ0v) is 22.1. The molecule has 2 N–H and O–H groups in total. The standard InChI is InChI=1S/C30H30ClN3O2S/c31-24-15-8-7-12-22(24)20-34(30(36)26-18-17-25(33-26)21-10-3-1-4-11-21)28(27-16-9-19-37-27)29(35)32-23-13-5-2-6-14-23/h1,3-4,7-12,15-19,23,28,33H,2,5-6,13-14,20H2,(H,32,35)/t28-/m1/s1. The first kappa shape index (κ1) is 25.3. The van der Waals surface area contributed by atoms with Crippen molar-refractivity contribution in [1.82, 2.24) is 15.2 Å². The van der Waals surface area contributed by atoms with E-state index < -0.39 is 6.04 Å². The van der Waals surface area contributed by atoms with Gasteiger partial charge in [0.25, 0.3) is 5.91 Å². The number of thiophene rings is 1. The van der Waals surface area contributed by atoms with Gasteiger partial charge in [-0.1, -0.05) is 85.5 Å². The number of H-pyrrole nitrogens is 1. The smallest absolute Gasteiger partial charge is 0.271 e. The Morgan fingerprint density at radius 1 is 0.946 bits per heavy atom. The molecule has 2 amide bonds. The van der Waals surface area contributed by atoms with Crippen molar-refractivity contribution in [2.45, 2.75) is 50.7 Å². The summed E-state index contributed by atoms with van der Waals surface area (Å²) in [5, 5.41) is 5.76.